The number of fused-ring (bicyclic) bond motifs is 2. The predicted molar refractivity (Wildman–Crippen MR) is 110 cm³/mol. The lowest BCUT2D eigenvalue weighted by atomic mass is 10.1. The van der Waals surface area contributed by atoms with Crippen molar-refractivity contribution in [3.63, 3.8) is 0 Å². The Kier molecular flexibility index (Phi) is 5.85. The maximum Gasteiger partial charge on any atom is 0.191 e. The summed E-state index contributed by atoms with van der Waals surface area (Å²) in [6.45, 7) is 5.54. The summed E-state index contributed by atoms with van der Waals surface area (Å²) in [5, 5.41) is 6.70. The second-order valence-electron chi connectivity index (χ2n) is 6.93. The van der Waals surface area contributed by atoms with Gasteiger partial charge >= 0.3 is 0 Å². The van der Waals surface area contributed by atoms with E-state index in [0.29, 0.717) is 13.2 Å². The van der Waals surface area contributed by atoms with Crippen molar-refractivity contribution in [3.05, 3.63) is 53.6 Å². The zero-order valence-corrected chi connectivity index (χ0v) is 16.2. The second-order valence-corrected chi connectivity index (χ2v) is 6.93. The summed E-state index contributed by atoms with van der Waals surface area (Å²) < 4.78 is 17.3. The van der Waals surface area contributed by atoms with E-state index < -0.39 is 0 Å². The summed E-state index contributed by atoms with van der Waals surface area (Å²) in [5.74, 6) is 3.41. The third kappa shape index (κ3) is 4.50. The third-order valence-electron chi connectivity index (χ3n) is 4.82. The summed E-state index contributed by atoms with van der Waals surface area (Å²) in [6.07, 6.45) is 1.86. The molecule has 2 heterocycles. The average molecular weight is 381 g/mol. The quantitative estimate of drug-likeness (QED) is 0.595. The number of para-hydroxylation sites is 2. The molecule has 0 radical (unpaired) electrons. The largest absolute Gasteiger partial charge is 0.493 e. The Morgan fingerprint density at radius 3 is 2.86 bits per heavy atom. The molecule has 0 fully saturated rings. The smallest absolute Gasteiger partial charge is 0.191 e. The van der Waals surface area contributed by atoms with Gasteiger partial charge in [-0.3, -0.25) is 0 Å². The summed E-state index contributed by atoms with van der Waals surface area (Å²) in [6, 6.07) is 14.2. The number of hydrogen-bond acceptors (Lipinski definition) is 4. The van der Waals surface area contributed by atoms with Crippen molar-refractivity contribution in [2.45, 2.75) is 25.9 Å². The number of benzene rings is 2. The van der Waals surface area contributed by atoms with Crippen molar-refractivity contribution < 1.29 is 14.2 Å². The van der Waals surface area contributed by atoms with Gasteiger partial charge in [-0.2, -0.15) is 0 Å². The second kappa shape index (κ2) is 8.87. The van der Waals surface area contributed by atoms with Crippen molar-refractivity contribution in [3.8, 4) is 17.2 Å². The summed E-state index contributed by atoms with van der Waals surface area (Å²) >= 11 is 0. The zero-order valence-electron chi connectivity index (χ0n) is 16.2. The minimum absolute atomic E-state index is 0.0814. The molecule has 6 heteroatoms. The van der Waals surface area contributed by atoms with Crippen molar-refractivity contribution >= 4 is 5.96 Å². The summed E-state index contributed by atoms with van der Waals surface area (Å²) in [5.41, 5.74) is 2.63. The van der Waals surface area contributed by atoms with Gasteiger partial charge in [-0.1, -0.05) is 24.3 Å². The van der Waals surface area contributed by atoms with E-state index in [4.69, 9.17) is 14.2 Å². The van der Waals surface area contributed by atoms with Crippen LogP contribution in [0.5, 0.6) is 17.2 Å². The highest BCUT2D eigenvalue weighted by molar-refractivity contribution is 5.79. The molecule has 0 spiro atoms. The predicted octanol–water partition coefficient (Wildman–Crippen LogP) is 2.56. The molecule has 1 atom stereocenters. The number of aliphatic imine (C=N–C) groups is 1. The van der Waals surface area contributed by atoms with E-state index in [1.165, 1.54) is 11.1 Å². The lowest BCUT2D eigenvalue weighted by molar-refractivity contribution is 0.0971. The highest BCUT2D eigenvalue weighted by Gasteiger charge is 2.20. The van der Waals surface area contributed by atoms with Crippen LogP contribution in [0.3, 0.4) is 0 Å². The van der Waals surface area contributed by atoms with Crippen molar-refractivity contribution in [2.75, 3.05) is 32.8 Å². The van der Waals surface area contributed by atoms with Gasteiger partial charge in [0.25, 0.3) is 0 Å². The van der Waals surface area contributed by atoms with Gasteiger partial charge in [0.05, 0.1) is 13.2 Å². The van der Waals surface area contributed by atoms with Crippen LogP contribution in [0, 0.1) is 0 Å². The summed E-state index contributed by atoms with van der Waals surface area (Å²) in [4.78, 5) is 4.67. The van der Waals surface area contributed by atoms with Gasteiger partial charge in [-0.05, 0) is 42.7 Å². The molecule has 0 aromatic heterocycles. The number of guanidine groups is 1. The maximum absolute atomic E-state index is 5.98. The SMILES string of the molecule is CCNC(=NCC1COc2ccccc2O1)NCCc1ccc2c(c1)CCO2. The number of rotatable bonds is 6. The van der Waals surface area contributed by atoms with Gasteiger partial charge in [-0.15, -0.1) is 0 Å². The van der Waals surface area contributed by atoms with Crippen LogP contribution < -0.4 is 24.8 Å². The molecule has 148 valence electrons. The van der Waals surface area contributed by atoms with E-state index in [2.05, 4.69) is 40.7 Å². The molecule has 28 heavy (non-hydrogen) atoms. The van der Waals surface area contributed by atoms with Gasteiger partial charge < -0.3 is 24.8 Å². The lowest BCUT2D eigenvalue weighted by Gasteiger charge is -2.25. The topological polar surface area (TPSA) is 64.1 Å². The first-order chi connectivity index (χ1) is 13.8. The normalized spacial score (nSPS) is 17.6. The molecule has 1 unspecified atom stereocenters. The van der Waals surface area contributed by atoms with Gasteiger partial charge in [0.2, 0.25) is 0 Å². The van der Waals surface area contributed by atoms with Crippen LogP contribution in [0.15, 0.2) is 47.5 Å². The Labute approximate surface area is 165 Å². The van der Waals surface area contributed by atoms with Crippen LogP contribution >= 0.6 is 0 Å². The fourth-order valence-corrected chi connectivity index (χ4v) is 3.41. The van der Waals surface area contributed by atoms with Crippen molar-refractivity contribution in [1.82, 2.24) is 10.6 Å². The lowest BCUT2D eigenvalue weighted by Crippen LogP contribution is -2.40. The van der Waals surface area contributed by atoms with Crippen LogP contribution in [-0.2, 0) is 12.8 Å². The fourth-order valence-electron chi connectivity index (χ4n) is 3.41. The van der Waals surface area contributed by atoms with E-state index in [-0.39, 0.29) is 6.10 Å². The fraction of sp³-hybridized carbons (Fsp3) is 0.409. The molecule has 2 aromatic carbocycles. The number of nitrogens with zero attached hydrogens (tertiary/aromatic N) is 1. The molecule has 0 amide bonds. The third-order valence-corrected chi connectivity index (χ3v) is 4.82. The first-order valence-corrected chi connectivity index (χ1v) is 9.97. The monoisotopic (exact) mass is 381 g/mol. The molecule has 0 saturated heterocycles. The molecule has 2 aromatic rings. The molecule has 0 bridgehead atoms. The maximum atomic E-state index is 5.98. The Bertz CT molecular complexity index is 838. The minimum atomic E-state index is -0.0814. The van der Waals surface area contributed by atoms with Crippen LogP contribution in [0.4, 0.5) is 0 Å². The number of ether oxygens (including phenoxy) is 3. The molecular formula is C22H27N3O3. The molecular weight excluding hydrogens is 354 g/mol. The molecule has 6 nitrogen and oxygen atoms in total. The standard InChI is InChI=1S/C22H27N3O3/c1-2-23-22(24-11-9-16-7-8-19-17(13-16)10-12-26-19)25-14-18-15-27-20-5-3-4-6-21(20)28-18/h3-8,13,18H,2,9-12,14-15H2,1H3,(H2,23,24,25). The Morgan fingerprint density at radius 1 is 1.07 bits per heavy atom. The Morgan fingerprint density at radius 2 is 1.96 bits per heavy atom. The summed E-state index contributed by atoms with van der Waals surface area (Å²) in [7, 11) is 0. The van der Waals surface area contributed by atoms with Crippen molar-refractivity contribution in [1.29, 1.82) is 0 Å². The zero-order chi connectivity index (χ0) is 19.2. The average Bonchev–Trinajstić information content (AvgIpc) is 3.20. The molecule has 0 saturated carbocycles. The van der Waals surface area contributed by atoms with Crippen LogP contribution in [0.25, 0.3) is 0 Å². The Balaban J connectivity index is 1.29. The first kappa shape index (κ1) is 18.5. The highest BCUT2D eigenvalue weighted by Crippen LogP contribution is 2.30. The minimum Gasteiger partial charge on any atom is -0.493 e. The van der Waals surface area contributed by atoms with E-state index in [0.717, 1.165) is 55.7 Å². The van der Waals surface area contributed by atoms with E-state index in [1.807, 2.05) is 24.3 Å². The van der Waals surface area contributed by atoms with E-state index in [1.54, 1.807) is 0 Å². The molecule has 2 aliphatic heterocycles. The molecule has 0 aliphatic carbocycles. The van der Waals surface area contributed by atoms with E-state index >= 15 is 0 Å². The van der Waals surface area contributed by atoms with Gasteiger partial charge in [-0.25, -0.2) is 4.99 Å². The number of nitrogens with one attached hydrogen (secondary N) is 2. The Hall–Kier alpha value is -2.89. The van der Waals surface area contributed by atoms with Crippen LogP contribution in [0.2, 0.25) is 0 Å². The van der Waals surface area contributed by atoms with E-state index in [9.17, 15) is 0 Å². The van der Waals surface area contributed by atoms with Gasteiger partial charge in [0.1, 0.15) is 12.4 Å². The highest BCUT2D eigenvalue weighted by atomic mass is 16.6. The molecule has 2 aliphatic rings. The van der Waals surface area contributed by atoms with Crippen LogP contribution in [0.1, 0.15) is 18.1 Å². The number of hydrogen-bond donors (Lipinski definition) is 2. The van der Waals surface area contributed by atoms with Gasteiger partial charge in [0, 0.05) is 19.5 Å². The molecule has 2 N–H and O–H groups in total. The van der Waals surface area contributed by atoms with Crippen LogP contribution in [-0.4, -0.2) is 44.9 Å². The first-order valence-electron chi connectivity index (χ1n) is 9.97. The van der Waals surface area contributed by atoms with Gasteiger partial charge in [0.15, 0.2) is 23.6 Å². The van der Waals surface area contributed by atoms with Crippen molar-refractivity contribution in [2.24, 2.45) is 4.99 Å². The molecule has 4 rings (SSSR count).